The molecule has 1 fully saturated rings. The Morgan fingerprint density at radius 2 is 2.42 bits per heavy atom. The standard InChI is InChI=1S/C15H16N2O2/c1-2-10-17(11-12-5-6-12)15-13(4-3-9-16-15)7-8-14(18)19/h1,3-4,7-9,12H,5-6,10-11H2,(H,18,19)/b8-7+. The van der Waals surface area contributed by atoms with Gasteiger partial charge in [0.25, 0.3) is 0 Å². The van der Waals surface area contributed by atoms with E-state index in [1.54, 1.807) is 18.3 Å². The maximum Gasteiger partial charge on any atom is 0.328 e. The number of terminal acetylenes is 1. The molecule has 0 bridgehead atoms. The van der Waals surface area contributed by atoms with Crippen LogP contribution in [0.15, 0.2) is 24.4 Å². The van der Waals surface area contributed by atoms with Crippen LogP contribution in [0.25, 0.3) is 6.08 Å². The van der Waals surface area contributed by atoms with Gasteiger partial charge in [0.1, 0.15) is 5.82 Å². The van der Waals surface area contributed by atoms with Crippen LogP contribution in [0.3, 0.4) is 0 Å². The van der Waals surface area contributed by atoms with Gasteiger partial charge in [-0.05, 0) is 37.0 Å². The average Bonchev–Trinajstić information content (AvgIpc) is 3.20. The molecule has 0 unspecified atom stereocenters. The van der Waals surface area contributed by atoms with E-state index in [4.69, 9.17) is 11.5 Å². The smallest absolute Gasteiger partial charge is 0.328 e. The molecule has 4 heteroatoms. The van der Waals surface area contributed by atoms with E-state index in [-0.39, 0.29) is 0 Å². The van der Waals surface area contributed by atoms with Gasteiger partial charge in [0.15, 0.2) is 0 Å². The molecule has 1 aromatic rings. The van der Waals surface area contributed by atoms with E-state index in [0.717, 1.165) is 24.0 Å². The number of carboxylic acids is 1. The summed E-state index contributed by atoms with van der Waals surface area (Å²) in [6, 6.07) is 3.63. The maximum atomic E-state index is 10.6. The molecular weight excluding hydrogens is 240 g/mol. The van der Waals surface area contributed by atoms with Crippen molar-refractivity contribution in [3.05, 3.63) is 30.0 Å². The number of pyridine rings is 1. The lowest BCUT2D eigenvalue weighted by Crippen LogP contribution is -2.27. The molecule has 0 atom stereocenters. The van der Waals surface area contributed by atoms with Crippen LogP contribution >= 0.6 is 0 Å². The van der Waals surface area contributed by atoms with Gasteiger partial charge in [0.05, 0.1) is 6.54 Å². The highest BCUT2D eigenvalue weighted by Gasteiger charge is 2.25. The zero-order valence-corrected chi connectivity index (χ0v) is 10.6. The van der Waals surface area contributed by atoms with Crippen molar-refractivity contribution in [3.63, 3.8) is 0 Å². The normalized spacial score (nSPS) is 14.3. The Hall–Kier alpha value is -2.28. The van der Waals surface area contributed by atoms with Crippen molar-refractivity contribution in [2.45, 2.75) is 12.8 Å². The lowest BCUT2D eigenvalue weighted by atomic mass is 10.2. The first-order chi connectivity index (χ1) is 9.20. The fraction of sp³-hybridized carbons (Fsp3) is 0.333. The van der Waals surface area contributed by atoms with Gasteiger partial charge in [0.2, 0.25) is 0 Å². The van der Waals surface area contributed by atoms with E-state index in [0.29, 0.717) is 12.5 Å². The van der Waals surface area contributed by atoms with Crippen molar-refractivity contribution in [1.82, 2.24) is 4.98 Å². The summed E-state index contributed by atoms with van der Waals surface area (Å²) in [4.78, 5) is 17.0. The third kappa shape index (κ3) is 3.85. The zero-order chi connectivity index (χ0) is 13.7. The summed E-state index contributed by atoms with van der Waals surface area (Å²) in [5, 5.41) is 8.71. The quantitative estimate of drug-likeness (QED) is 0.625. The van der Waals surface area contributed by atoms with Crippen molar-refractivity contribution in [1.29, 1.82) is 0 Å². The number of carboxylic acid groups (broad SMARTS) is 1. The zero-order valence-electron chi connectivity index (χ0n) is 10.6. The van der Waals surface area contributed by atoms with Crippen LogP contribution in [0.5, 0.6) is 0 Å². The minimum atomic E-state index is -0.972. The third-order valence-electron chi connectivity index (χ3n) is 2.98. The average molecular weight is 256 g/mol. The molecule has 0 spiro atoms. The van der Waals surface area contributed by atoms with E-state index in [1.165, 1.54) is 12.8 Å². The summed E-state index contributed by atoms with van der Waals surface area (Å²) in [6.45, 7) is 1.37. The van der Waals surface area contributed by atoms with Crippen molar-refractivity contribution < 1.29 is 9.90 Å². The number of anilines is 1. The number of rotatable bonds is 6. The highest BCUT2D eigenvalue weighted by atomic mass is 16.4. The topological polar surface area (TPSA) is 53.4 Å². The molecule has 0 saturated heterocycles. The molecule has 2 rings (SSSR count). The van der Waals surface area contributed by atoms with Crippen molar-refractivity contribution >= 4 is 17.9 Å². The second-order valence-corrected chi connectivity index (χ2v) is 4.62. The minimum Gasteiger partial charge on any atom is -0.478 e. The summed E-state index contributed by atoms with van der Waals surface area (Å²) in [7, 11) is 0. The second kappa shape index (κ2) is 6.05. The van der Waals surface area contributed by atoms with E-state index in [9.17, 15) is 4.79 Å². The first-order valence-electron chi connectivity index (χ1n) is 6.25. The molecule has 4 nitrogen and oxygen atoms in total. The van der Waals surface area contributed by atoms with Gasteiger partial charge < -0.3 is 10.0 Å². The van der Waals surface area contributed by atoms with E-state index < -0.39 is 5.97 Å². The van der Waals surface area contributed by atoms with Gasteiger partial charge in [-0.1, -0.05) is 5.92 Å². The summed E-state index contributed by atoms with van der Waals surface area (Å²) in [5.41, 5.74) is 0.779. The van der Waals surface area contributed by atoms with Crippen LogP contribution in [0.4, 0.5) is 5.82 Å². The van der Waals surface area contributed by atoms with Crippen LogP contribution in [0, 0.1) is 18.3 Å². The Balaban J connectivity index is 2.24. The fourth-order valence-corrected chi connectivity index (χ4v) is 1.91. The summed E-state index contributed by atoms with van der Waals surface area (Å²) in [5.74, 6) is 3.11. The second-order valence-electron chi connectivity index (χ2n) is 4.62. The van der Waals surface area contributed by atoms with Crippen molar-refractivity contribution in [2.24, 2.45) is 5.92 Å². The number of carbonyl (C=O) groups is 1. The van der Waals surface area contributed by atoms with E-state index in [2.05, 4.69) is 10.9 Å². The van der Waals surface area contributed by atoms with E-state index in [1.807, 2.05) is 11.0 Å². The molecule has 0 aromatic carbocycles. The largest absolute Gasteiger partial charge is 0.478 e. The van der Waals surface area contributed by atoms with Gasteiger partial charge >= 0.3 is 5.97 Å². The number of nitrogens with zero attached hydrogens (tertiary/aromatic N) is 2. The number of hydrogen-bond acceptors (Lipinski definition) is 3. The third-order valence-corrected chi connectivity index (χ3v) is 2.98. The lowest BCUT2D eigenvalue weighted by Gasteiger charge is -2.22. The summed E-state index contributed by atoms with van der Waals surface area (Å²) in [6.07, 6.45) is 12.2. The highest BCUT2D eigenvalue weighted by molar-refractivity contribution is 5.86. The Bertz CT molecular complexity index is 527. The predicted octanol–water partition coefficient (Wildman–Crippen LogP) is 2.03. The molecule has 1 heterocycles. The first-order valence-corrected chi connectivity index (χ1v) is 6.25. The molecule has 0 aliphatic heterocycles. The van der Waals surface area contributed by atoms with Gasteiger partial charge in [-0.3, -0.25) is 0 Å². The molecule has 1 saturated carbocycles. The number of aromatic nitrogens is 1. The Morgan fingerprint density at radius 1 is 1.63 bits per heavy atom. The molecule has 0 radical (unpaired) electrons. The molecule has 0 amide bonds. The lowest BCUT2D eigenvalue weighted by molar-refractivity contribution is -0.131. The SMILES string of the molecule is C#CCN(CC1CC1)c1ncccc1/C=C/C(=O)O. The molecule has 19 heavy (non-hydrogen) atoms. The molecule has 98 valence electrons. The number of hydrogen-bond donors (Lipinski definition) is 1. The van der Waals surface area contributed by atoms with Crippen LogP contribution in [0.2, 0.25) is 0 Å². The first kappa shape index (κ1) is 13.2. The molecule has 1 aromatic heterocycles. The van der Waals surface area contributed by atoms with E-state index >= 15 is 0 Å². The Labute approximate surface area is 112 Å². The Morgan fingerprint density at radius 3 is 3.05 bits per heavy atom. The highest BCUT2D eigenvalue weighted by Crippen LogP contribution is 2.31. The molecule has 1 N–H and O–H groups in total. The van der Waals surface area contributed by atoms with Crippen LogP contribution < -0.4 is 4.90 Å². The monoisotopic (exact) mass is 256 g/mol. The fourth-order valence-electron chi connectivity index (χ4n) is 1.91. The van der Waals surface area contributed by atoms with Gasteiger partial charge in [0, 0.05) is 24.4 Å². The van der Waals surface area contributed by atoms with Gasteiger partial charge in [-0.15, -0.1) is 6.42 Å². The van der Waals surface area contributed by atoms with Gasteiger partial charge in [-0.25, -0.2) is 9.78 Å². The van der Waals surface area contributed by atoms with Gasteiger partial charge in [-0.2, -0.15) is 0 Å². The predicted molar refractivity (Wildman–Crippen MR) is 74.7 cm³/mol. The van der Waals surface area contributed by atoms with Crippen molar-refractivity contribution in [2.75, 3.05) is 18.0 Å². The Kier molecular flexibility index (Phi) is 4.19. The minimum absolute atomic E-state index is 0.488. The van der Waals surface area contributed by atoms with Crippen molar-refractivity contribution in [3.8, 4) is 12.3 Å². The molecular formula is C15H16N2O2. The van der Waals surface area contributed by atoms with Crippen LogP contribution in [0.1, 0.15) is 18.4 Å². The van der Waals surface area contributed by atoms with Crippen LogP contribution in [-0.2, 0) is 4.79 Å². The molecule has 1 aliphatic carbocycles. The summed E-state index contributed by atoms with van der Waals surface area (Å²) >= 11 is 0. The number of aliphatic carboxylic acids is 1. The summed E-state index contributed by atoms with van der Waals surface area (Å²) < 4.78 is 0. The molecule has 1 aliphatic rings. The van der Waals surface area contributed by atoms with Crippen LogP contribution in [-0.4, -0.2) is 29.1 Å². The maximum absolute atomic E-state index is 10.6.